The molecule has 2 heteroatoms. The number of ether oxygens (including phenoxy) is 2. The number of rotatable bonds is 5. The summed E-state index contributed by atoms with van der Waals surface area (Å²) in [6.45, 7) is 0.892. The Balaban J connectivity index is 2.40. The summed E-state index contributed by atoms with van der Waals surface area (Å²) in [5.41, 5.74) is 1.11. The van der Waals surface area contributed by atoms with Crippen LogP contribution in [0, 0.1) is 12.3 Å². The monoisotopic (exact) mass is 202 g/mol. The quantitative estimate of drug-likeness (QED) is 0.539. The lowest BCUT2D eigenvalue weighted by Gasteiger charge is -1.99. The maximum atomic E-state index is 5.10. The summed E-state index contributed by atoms with van der Waals surface area (Å²) in [6, 6.07) is 7.80. The summed E-state index contributed by atoms with van der Waals surface area (Å²) < 4.78 is 10.2. The first kappa shape index (κ1) is 11.4. The predicted octanol–water partition coefficient (Wildman–Crippen LogP) is 2.36. The molecule has 78 valence electrons. The fourth-order valence-electron chi connectivity index (χ4n) is 1.09. The van der Waals surface area contributed by atoms with E-state index in [2.05, 4.69) is 5.92 Å². The molecular formula is C13H14O2. The average molecular weight is 202 g/mol. The minimum atomic E-state index is 0.354. The lowest BCUT2D eigenvalue weighted by Crippen LogP contribution is -1.89. The minimum Gasteiger partial charge on any atom is -0.497 e. The molecule has 0 aliphatic rings. The molecule has 0 aliphatic heterocycles. The maximum absolute atomic E-state index is 5.10. The van der Waals surface area contributed by atoms with Crippen LogP contribution in [-0.2, 0) is 4.74 Å². The molecule has 0 spiro atoms. The van der Waals surface area contributed by atoms with Gasteiger partial charge in [-0.1, -0.05) is 30.2 Å². The molecule has 0 aliphatic carbocycles. The van der Waals surface area contributed by atoms with Crippen molar-refractivity contribution in [2.75, 3.05) is 20.3 Å². The van der Waals surface area contributed by atoms with Gasteiger partial charge in [0.25, 0.3) is 0 Å². The summed E-state index contributed by atoms with van der Waals surface area (Å²) in [4.78, 5) is 0. The van der Waals surface area contributed by atoms with E-state index < -0.39 is 0 Å². The van der Waals surface area contributed by atoms with Crippen molar-refractivity contribution >= 4 is 6.08 Å². The Hall–Kier alpha value is -1.72. The highest BCUT2D eigenvalue weighted by molar-refractivity contribution is 5.50. The Morgan fingerprint density at radius 3 is 2.67 bits per heavy atom. The molecule has 0 saturated carbocycles. The van der Waals surface area contributed by atoms with Crippen LogP contribution in [0.4, 0.5) is 0 Å². The molecule has 0 N–H and O–H groups in total. The number of benzene rings is 1. The van der Waals surface area contributed by atoms with Crippen molar-refractivity contribution in [1.82, 2.24) is 0 Å². The Morgan fingerprint density at radius 2 is 2.07 bits per heavy atom. The summed E-state index contributed by atoms with van der Waals surface area (Å²) in [5, 5.41) is 0. The molecule has 0 fully saturated rings. The summed E-state index contributed by atoms with van der Waals surface area (Å²) in [5.74, 6) is 3.27. The van der Waals surface area contributed by atoms with Gasteiger partial charge in [-0.3, -0.25) is 0 Å². The fraction of sp³-hybridized carbons (Fsp3) is 0.231. The summed E-state index contributed by atoms with van der Waals surface area (Å²) >= 11 is 0. The molecule has 1 aromatic rings. The number of hydrogen-bond acceptors (Lipinski definition) is 2. The molecule has 0 radical (unpaired) electrons. The Bertz CT molecular complexity index is 344. The third-order valence-corrected chi connectivity index (χ3v) is 1.83. The number of hydrogen-bond donors (Lipinski definition) is 0. The molecule has 15 heavy (non-hydrogen) atoms. The zero-order chi connectivity index (χ0) is 10.9. The zero-order valence-electron chi connectivity index (χ0n) is 8.77. The average Bonchev–Trinajstić information content (AvgIpc) is 2.30. The van der Waals surface area contributed by atoms with Gasteiger partial charge in [0.1, 0.15) is 12.4 Å². The van der Waals surface area contributed by atoms with E-state index in [9.17, 15) is 0 Å². The van der Waals surface area contributed by atoms with E-state index in [1.165, 1.54) is 0 Å². The first-order chi connectivity index (χ1) is 7.36. The van der Waals surface area contributed by atoms with E-state index in [0.29, 0.717) is 13.2 Å². The van der Waals surface area contributed by atoms with Gasteiger partial charge < -0.3 is 9.47 Å². The van der Waals surface area contributed by atoms with Crippen LogP contribution in [-0.4, -0.2) is 20.3 Å². The Morgan fingerprint density at radius 1 is 1.33 bits per heavy atom. The van der Waals surface area contributed by atoms with Gasteiger partial charge in [0.2, 0.25) is 0 Å². The highest BCUT2D eigenvalue weighted by Crippen LogP contribution is 2.11. The standard InChI is InChI=1S/C13H14O2/c1-3-10-15-11-4-5-12-6-8-13(14-2)9-7-12/h1,4-9H,10-11H2,2H3/b5-4+. The van der Waals surface area contributed by atoms with Crippen LogP contribution in [0.3, 0.4) is 0 Å². The zero-order valence-corrected chi connectivity index (χ0v) is 8.77. The van der Waals surface area contributed by atoms with Crippen LogP contribution in [0.15, 0.2) is 30.3 Å². The van der Waals surface area contributed by atoms with Crippen LogP contribution >= 0.6 is 0 Å². The van der Waals surface area contributed by atoms with Gasteiger partial charge in [0.15, 0.2) is 0 Å². The van der Waals surface area contributed by atoms with Gasteiger partial charge in [0, 0.05) is 0 Å². The van der Waals surface area contributed by atoms with E-state index in [1.54, 1.807) is 7.11 Å². The third-order valence-electron chi connectivity index (χ3n) is 1.83. The maximum Gasteiger partial charge on any atom is 0.118 e. The van der Waals surface area contributed by atoms with E-state index in [-0.39, 0.29) is 0 Å². The van der Waals surface area contributed by atoms with Gasteiger partial charge in [-0.15, -0.1) is 6.42 Å². The first-order valence-electron chi connectivity index (χ1n) is 4.68. The highest BCUT2D eigenvalue weighted by Gasteiger charge is 1.89. The SMILES string of the molecule is C#CCOC/C=C/c1ccc(OC)cc1. The van der Waals surface area contributed by atoms with Crippen LogP contribution in [0.1, 0.15) is 5.56 Å². The molecule has 0 atom stereocenters. The van der Waals surface area contributed by atoms with Crippen LogP contribution in [0.25, 0.3) is 6.08 Å². The topological polar surface area (TPSA) is 18.5 Å². The van der Waals surface area contributed by atoms with Gasteiger partial charge in [-0.2, -0.15) is 0 Å². The molecule has 0 heterocycles. The lowest BCUT2D eigenvalue weighted by atomic mass is 10.2. The second-order valence-electron chi connectivity index (χ2n) is 2.89. The van der Waals surface area contributed by atoms with Crippen molar-refractivity contribution in [2.24, 2.45) is 0 Å². The highest BCUT2D eigenvalue weighted by atomic mass is 16.5. The van der Waals surface area contributed by atoms with E-state index in [0.717, 1.165) is 11.3 Å². The third kappa shape index (κ3) is 4.35. The van der Waals surface area contributed by atoms with Crippen molar-refractivity contribution in [3.05, 3.63) is 35.9 Å². The molecular weight excluding hydrogens is 188 g/mol. The van der Waals surface area contributed by atoms with Crippen molar-refractivity contribution in [3.8, 4) is 18.1 Å². The Kier molecular flexibility index (Phi) is 5.07. The molecule has 1 rings (SSSR count). The van der Waals surface area contributed by atoms with Gasteiger partial charge in [-0.05, 0) is 17.7 Å². The Labute approximate surface area is 90.5 Å². The van der Waals surface area contributed by atoms with Crippen molar-refractivity contribution in [1.29, 1.82) is 0 Å². The molecule has 0 amide bonds. The molecule has 2 nitrogen and oxygen atoms in total. The first-order valence-corrected chi connectivity index (χ1v) is 4.68. The van der Waals surface area contributed by atoms with Crippen LogP contribution < -0.4 is 4.74 Å². The summed E-state index contributed by atoms with van der Waals surface area (Å²) in [6.07, 6.45) is 8.95. The lowest BCUT2D eigenvalue weighted by molar-refractivity contribution is 0.200. The van der Waals surface area contributed by atoms with E-state index >= 15 is 0 Å². The second kappa shape index (κ2) is 6.69. The van der Waals surface area contributed by atoms with Crippen molar-refractivity contribution in [3.63, 3.8) is 0 Å². The largest absolute Gasteiger partial charge is 0.497 e. The van der Waals surface area contributed by atoms with E-state index in [1.807, 2.05) is 36.4 Å². The molecule has 0 saturated heterocycles. The fourth-order valence-corrected chi connectivity index (χ4v) is 1.09. The molecule has 1 aromatic carbocycles. The molecule has 0 unspecified atom stereocenters. The minimum absolute atomic E-state index is 0.354. The smallest absolute Gasteiger partial charge is 0.118 e. The van der Waals surface area contributed by atoms with Gasteiger partial charge in [0.05, 0.1) is 13.7 Å². The summed E-state index contributed by atoms with van der Waals surface area (Å²) in [7, 11) is 1.65. The number of terminal acetylenes is 1. The predicted molar refractivity (Wildman–Crippen MR) is 61.7 cm³/mol. The normalized spacial score (nSPS) is 10.1. The number of methoxy groups -OCH3 is 1. The van der Waals surface area contributed by atoms with E-state index in [4.69, 9.17) is 15.9 Å². The van der Waals surface area contributed by atoms with Crippen molar-refractivity contribution < 1.29 is 9.47 Å². The van der Waals surface area contributed by atoms with Crippen LogP contribution in [0.5, 0.6) is 5.75 Å². The molecule has 0 bridgehead atoms. The second-order valence-corrected chi connectivity index (χ2v) is 2.89. The van der Waals surface area contributed by atoms with Gasteiger partial charge in [-0.25, -0.2) is 0 Å². The van der Waals surface area contributed by atoms with Crippen LogP contribution in [0.2, 0.25) is 0 Å². The molecule has 0 aromatic heterocycles. The van der Waals surface area contributed by atoms with Crippen molar-refractivity contribution in [2.45, 2.75) is 0 Å². The van der Waals surface area contributed by atoms with Gasteiger partial charge >= 0.3 is 0 Å².